The Kier molecular flexibility index (Phi) is 4.45. The molecule has 1 atom stereocenters. The summed E-state index contributed by atoms with van der Waals surface area (Å²) in [5.41, 5.74) is 1.23. The van der Waals surface area contributed by atoms with Crippen LogP contribution in [0.5, 0.6) is 0 Å². The van der Waals surface area contributed by atoms with Crippen molar-refractivity contribution in [2.45, 2.75) is 31.9 Å². The predicted octanol–water partition coefficient (Wildman–Crippen LogP) is 1.87. The van der Waals surface area contributed by atoms with Crippen molar-refractivity contribution in [2.24, 2.45) is 5.92 Å². The molecular formula is C20H20N4O3. The minimum Gasteiger partial charge on any atom is -0.393 e. The first-order valence-electron chi connectivity index (χ1n) is 8.91. The van der Waals surface area contributed by atoms with Crippen LogP contribution < -0.4 is 10.9 Å². The zero-order valence-corrected chi connectivity index (χ0v) is 14.8. The summed E-state index contributed by atoms with van der Waals surface area (Å²) in [7, 11) is 0. The summed E-state index contributed by atoms with van der Waals surface area (Å²) in [5, 5.41) is 13.6. The molecule has 4 rings (SSSR count). The van der Waals surface area contributed by atoms with E-state index in [0.29, 0.717) is 18.7 Å². The van der Waals surface area contributed by atoms with Gasteiger partial charge in [-0.3, -0.25) is 14.6 Å². The van der Waals surface area contributed by atoms with Crippen molar-refractivity contribution in [2.75, 3.05) is 0 Å². The summed E-state index contributed by atoms with van der Waals surface area (Å²) in [5.74, 6) is 0.0571. The van der Waals surface area contributed by atoms with Crippen molar-refractivity contribution in [3.05, 3.63) is 70.0 Å². The molecule has 3 N–H and O–H groups in total. The van der Waals surface area contributed by atoms with Crippen molar-refractivity contribution in [1.82, 2.24) is 20.3 Å². The van der Waals surface area contributed by atoms with Crippen LogP contribution in [0.1, 0.15) is 40.6 Å². The number of hydrogen-bond acceptors (Lipinski definition) is 5. The van der Waals surface area contributed by atoms with Gasteiger partial charge in [0.15, 0.2) is 0 Å². The van der Waals surface area contributed by atoms with E-state index in [0.717, 1.165) is 16.5 Å². The first-order valence-corrected chi connectivity index (χ1v) is 8.91. The number of aliphatic hydroxyl groups is 1. The first-order chi connectivity index (χ1) is 13.0. The Morgan fingerprint density at radius 3 is 2.78 bits per heavy atom. The minimum absolute atomic E-state index is 0.0285. The molecular weight excluding hydrogens is 344 g/mol. The fraction of sp³-hybridized carbons (Fsp3) is 0.300. The minimum atomic E-state index is -0.483. The SMILES string of the molecule is Cc1ncc(C(=O)N[C@@H](c2cnc3ccccc3c2)C2CC(O)C2)c(=O)[nH]1. The number of nitrogens with one attached hydrogen (secondary N) is 2. The lowest BCUT2D eigenvalue weighted by molar-refractivity contribution is 0.0235. The Morgan fingerprint density at radius 1 is 1.26 bits per heavy atom. The third-order valence-electron chi connectivity index (χ3n) is 5.05. The number of nitrogens with zero attached hydrogens (tertiary/aromatic N) is 2. The van der Waals surface area contributed by atoms with Gasteiger partial charge in [0.2, 0.25) is 0 Å². The van der Waals surface area contributed by atoms with Crippen LogP contribution in [0.25, 0.3) is 10.9 Å². The number of para-hydroxylation sites is 1. The van der Waals surface area contributed by atoms with E-state index >= 15 is 0 Å². The van der Waals surface area contributed by atoms with Gasteiger partial charge < -0.3 is 15.4 Å². The van der Waals surface area contributed by atoms with Gasteiger partial charge in [0.05, 0.1) is 17.7 Å². The van der Waals surface area contributed by atoms with E-state index < -0.39 is 11.5 Å². The molecule has 7 nitrogen and oxygen atoms in total. The Morgan fingerprint density at radius 2 is 2.04 bits per heavy atom. The van der Waals surface area contributed by atoms with Crippen LogP contribution in [0.15, 0.2) is 47.5 Å². The summed E-state index contributed by atoms with van der Waals surface area (Å²) < 4.78 is 0. The smallest absolute Gasteiger partial charge is 0.263 e. The summed E-state index contributed by atoms with van der Waals surface area (Å²) in [6.45, 7) is 1.66. The van der Waals surface area contributed by atoms with Crippen molar-refractivity contribution >= 4 is 16.8 Å². The lowest BCUT2D eigenvalue weighted by atomic mass is 9.75. The van der Waals surface area contributed by atoms with Crippen LogP contribution in [0, 0.1) is 12.8 Å². The third kappa shape index (κ3) is 3.46. The van der Waals surface area contributed by atoms with Gasteiger partial charge in [0.25, 0.3) is 11.5 Å². The van der Waals surface area contributed by atoms with Crippen LogP contribution in [-0.4, -0.2) is 32.1 Å². The highest BCUT2D eigenvalue weighted by Crippen LogP contribution is 2.38. The van der Waals surface area contributed by atoms with Gasteiger partial charge in [0, 0.05) is 17.8 Å². The molecule has 0 radical (unpaired) electrons. The number of benzene rings is 1. The van der Waals surface area contributed by atoms with E-state index in [4.69, 9.17) is 0 Å². The van der Waals surface area contributed by atoms with Gasteiger partial charge in [-0.2, -0.15) is 0 Å². The monoisotopic (exact) mass is 364 g/mol. The number of aryl methyl sites for hydroxylation is 1. The average Bonchev–Trinajstić information content (AvgIpc) is 2.63. The van der Waals surface area contributed by atoms with E-state index in [2.05, 4.69) is 20.3 Å². The molecule has 0 unspecified atom stereocenters. The second kappa shape index (κ2) is 6.92. The molecule has 0 aliphatic heterocycles. The molecule has 0 saturated heterocycles. The number of fused-ring (bicyclic) bond motifs is 1. The number of amides is 1. The van der Waals surface area contributed by atoms with Gasteiger partial charge >= 0.3 is 0 Å². The Labute approximate surface area is 155 Å². The lowest BCUT2D eigenvalue weighted by Crippen LogP contribution is -2.42. The maximum atomic E-state index is 12.7. The lowest BCUT2D eigenvalue weighted by Gasteiger charge is -2.38. The molecule has 1 saturated carbocycles. The largest absolute Gasteiger partial charge is 0.393 e. The van der Waals surface area contributed by atoms with Crippen LogP contribution in [-0.2, 0) is 0 Å². The molecule has 2 heterocycles. The number of H-pyrrole nitrogens is 1. The molecule has 1 aliphatic rings. The Bertz CT molecular complexity index is 1060. The van der Waals surface area contributed by atoms with Gasteiger partial charge in [-0.25, -0.2) is 4.98 Å². The second-order valence-electron chi connectivity index (χ2n) is 7.01. The number of carbonyl (C=O) groups excluding carboxylic acids is 1. The number of aromatic nitrogens is 3. The average molecular weight is 364 g/mol. The van der Waals surface area contributed by atoms with Crippen molar-refractivity contribution in [3.8, 4) is 0 Å². The van der Waals surface area contributed by atoms with Crippen molar-refractivity contribution < 1.29 is 9.90 Å². The van der Waals surface area contributed by atoms with Crippen LogP contribution >= 0.6 is 0 Å². The van der Waals surface area contributed by atoms with E-state index in [1.807, 2.05) is 30.3 Å². The topological polar surface area (TPSA) is 108 Å². The van der Waals surface area contributed by atoms with Gasteiger partial charge in [0.1, 0.15) is 11.4 Å². The van der Waals surface area contributed by atoms with E-state index in [1.54, 1.807) is 13.1 Å². The summed E-state index contributed by atoms with van der Waals surface area (Å²) in [6.07, 6.45) is 3.87. The number of pyridine rings is 1. The van der Waals surface area contributed by atoms with E-state index in [1.165, 1.54) is 6.20 Å². The number of rotatable bonds is 4. The van der Waals surface area contributed by atoms with E-state index in [9.17, 15) is 14.7 Å². The molecule has 0 spiro atoms. The Balaban J connectivity index is 1.66. The highest BCUT2D eigenvalue weighted by Gasteiger charge is 2.36. The number of carbonyl (C=O) groups is 1. The van der Waals surface area contributed by atoms with Crippen LogP contribution in [0.3, 0.4) is 0 Å². The highest BCUT2D eigenvalue weighted by molar-refractivity contribution is 5.93. The zero-order valence-electron chi connectivity index (χ0n) is 14.8. The number of aromatic amines is 1. The maximum Gasteiger partial charge on any atom is 0.263 e. The highest BCUT2D eigenvalue weighted by atomic mass is 16.3. The molecule has 1 aliphatic carbocycles. The molecule has 2 aromatic heterocycles. The maximum absolute atomic E-state index is 12.7. The molecule has 7 heteroatoms. The van der Waals surface area contributed by atoms with Crippen LogP contribution in [0.4, 0.5) is 0 Å². The molecule has 1 fully saturated rings. The van der Waals surface area contributed by atoms with E-state index in [-0.39, 0.29) is 23.6 Å². The fourth-order valence-corrected chi connectivity index (χ4v) is 3.50. The molecule has 3 aromatic rings. The Hall–Kier alpha value is -3.06. The van der Waals surface area contributed by atoms with Crippen molar-refractivity contribution in [3.63, 3.8) is 0 Å². The molecule has 138 valence electrons. The molecule has 0 bridgehead atoms. The molecule has 27 heavy (non-hydrogen) atoms. The van der Waals surface area contributed by atoms with Gasteiger partial charge in [-0.15, -0.1) is 0 Å². The molecule has 1 aromatic carbocycles. The summed E-state index contributed by atoms with van der Waals surface area (Å²) in [4.78, 5) is 35.8. The fourth-order valence-electron chi connectivity index (χ4n) is 3.50. The third-order valence-corrected chi connectivity index (χ3v) is 5.05. The molecule has 1 amide bonds. The standard InChI is InChI=1S/C20H20N4O3/c1-11-21-10-16(19(26)23-11)20(27)24-18(13-7-15(25)8-13)14-6-12-4-2-3-5-17(12)22-9-14/h2-6,9-10,13,15,18,25H,7-8H2,1H3,(H,24,27)(H,21,23,26)/t13?,15?,18-/m1/s1. The quantitative estimate of drug-likeness (QED) is 0.655. The van der Waals surface area contributed by atoms with Crippen LogP contribution in [0.2, 0.25) is 0 Å². The second-order valence-corrected chi connectivity index (χ2v) is 7.01. The number of aliphatic hydroxyl groups excluding tert-OH is 1. The summed E-state index contributed by atoms with van der Waals surface area (Å²) >= 11 is 0. The number of hydrogen-bond donors (Lipinski definition) is 3. The normalized spacial score (nSPS) is 20.1. The first kappa shape index (κ1) is 17.4. The van der Waals surface area contributed by atoms with Crippen molar-refractivity contribution in [1.29, 1.82) is 0 Å². The van der Waals surface area contributed by atoms with Gasteiger partial charge in [-0.1, -0.05) is 18.2 Å². The van der Waals surface area contributed by atoms with Gasteiger partial charge in [-0.05, 0) is 43.4 Å². The zero-order chi connectivity index (χ0) is 19.0. The predicted molar refractivity (Wildman–Crippen MR) is 100 cm³/mol. The summed E-state index contributed by atoms with van der Waals surface area (Å²) in [6, 6.07) is 9.42.